The molecule has 0 amide bonds. The van der Waals surface area contributed by atoms with E-state index in [0.29, 0.717) is 5.01 Å². The van der Waals surface area contributed by atoms with Gasteiger partial charge < -0.3 is 5.11 Å². The maximum atomic E-state index is 13.0. The molecule has 2 heterocycles. The molecule has 3 rings (SSSR count). The Kier molecular flexibility index (Phi) is 4.60. The lowest BCUT2D eigenvalue weighted by atomic mass is 9.96. The summed E-state index contributed by atoms with van der Waals surface area (Å²) in [5.41, 5.74) is 1.72. The van der Waals surface area contributed by atoms with E-state index in [1.54, 1.807) is 0 Å². The van der Waals surface area contributed by atoms with Crippen LogP contribution in [0.2, 0.25) is 0 Å². The highest BCUT2D eigenvalue weighted by Gasteiger charge is 2.52. The fraction of sp³-hybridized carbons (Fsp3) is 0.375. The summed E-state index contributed by atoms with van der Waals surface area (Å²) in [6.07, 6.45) is -4.50. The van der Waals surface area contributed by atoms with Crippen LogP contribution in [-0.4, -0.2) is 40.2 Å². The molecule has 1 saturated heterocycles. The van der Waals surface area contributed by atoms with Crippen LogP contribution in [0.25, 0.3) is 11.3 Å². The Morgan fingerprint density at radius 3 is 2.58 bits per heavy atom. The molecular formula is C16H15F3N2O2S. The second-order valence-electron chi connectivity index (χ2n) is 5.78. The summed E-state index contributed by atoms with van der Waals surface area (Å²) in [5, 5.41) is 11.6. The number of rotatable bonds is 4. The van der Waals surface area contributed by atoms with E-state index in [1.807, 2.05) is 35.7 Å². The number of likely N-dealkylation sites (tertiary alicyclic amines) is 1. The highest BCUT2D eigenvalue weighted by atomic mass is 32.1. The number of thiazole rings is 1. The van der Waals surface area contributed by atoms with Crippen LogP contribution >= 0.6 is 11.3 Å². The third-order valence-corrected chi connectivity index (χ3v) is 4.95. The number of alkyl halides is 3. The summed E-state index contributed by atoms with van der Waals surface area (Å²) in [5.74, 6) is -4.65. The summed E-state index contributed by atoms with van der Waals surface area (Å²) in [4.78, 5) is 17.1. The van der Waals surface area contributed by atoms with Gasteiger partial charge in [0.25, 0.3) is 0 Å². The number of halogens is 3. The maximum absolute atomic E-state index is 13.0. The first-order valence-corrected chi connectivity index (χ1v) is 8.24. The molecule has 128 valence electrons. The highest BCUT2D eigenvalue weighted by molar-refractivity contribution is 7.09. The Morgan fingerprint density at radius 1 is 1.29 bits per heavy atom. The molecular weight excluding hydrogens is 341 g/mol. The van der Waals surface area contributed by atoms with E-state index in [1.165, 1.54) is 16.2 Å². The Labute approximate surface area is 140 Å². The van der Waals surface area contributed by atoms with E-state index in [2.05, 4.69) is 4.98 Å². The summed E-state index contributed by atoms with van der Waals surface area (Å²) in [6, 6.07) is 9.49. The minimum atomic E-state index is -4.50. The first kappa shape index (κ1) is 16.9. The number of hydrogen-bond donors (Lipinski definition) is 1. The smallest absolute Gasteiger partial charge is 0.393 e. The molecule has 1 aromatic carbocycles. The standard InChI is InChI=1S/C16H15F3N2O2S/c17-16(18,19)12-7-21(6-11(12)15(22)23)8-14-20-13(9-24-14)10-4-2-1-3-5-10/h1-5,9,11-12H,6-8H2,(H,22,23)/t11-,12-/m1/s1. The lowest BCUT2D eigenvalue weighted by molar-refractivity contribution is -0.188. The van der Waals surface area contributed by atoms with Crippen LogP contribution in [0.5, 0.6) is 0 Å². The molecule has 0 spiro atoms. The molecule has 0 unspecified atom stereocenters. The Bertz CT molecular complexity index is 718. The van der Waals surface area contributed by atoms with Crippen LogP contribution in [0.1, 0.15) is 5.01 Å². The van der Waals surface area contributed by atoms with E-state index >= 15 is 0 Å². The molecule has 0 bridgehead atoms. The van der Waals surface area contributed by atoms with Gasteiger partial charge in [0.05, 0.1) is 24.1 Å². The molecule has 2 atom stereocenters. The monoisotopic (exact) mass is 356 g/mol. The summed E-state index contributed by atoms with van der Waals surface area (Å²) in [6.45, 7) is -0.186. The van der Waals surface area contributed by atoms with Crippen molar-refractivity contribution in [2.45, 2.75) is 12.7 Å². The highest BCUT2D eigenvalue weighted by Crippen LogP contribution is 2.38. The Morgan fingerprint density at radius 2 is 2.00 bits per heavy atom. The lowest BCUT2D eigenvalue weighted by Crippen LogP contribution is -2.33. The van der Waals surface area contributed by atoms with Crippen molar-refractivity contribution in [2.24, 2.45) is 11.8 Å². The molecule has 1 aliphatic heterocycles. The van der Waals surface area contributed by atoms with Gasteiger partial charge in [-0.2, -0.15) is 13.2 Å². The molecule has 1 aliphatic rings. The van der Waals surface area contributed by atoms with Gasteiger partial charge in [-0.15, -0.1) is 11.3 Å². The van der Waals surface area contributed by atoms with Gasteiger partial charge in [-0.3, -0.25) is 9.69 Å². The van der Waals surface area contributed by atoms with Gasteiger partial charge in [-0.25, -0.2) is 4.98 Å². The average molecular weight is 356 g/mol. The Balaban J connectivity index is 1.71. The number of hydrogen-bond acceptors (Lipinski definition) is 4. The molecule has 8 heteroatoms. The van der Waals surface area contributed by atoms with Crippen molar-refractivity contribution >= 4 is 17.3 Å². The molecule has 0 saturated carbocycles. The largest absolute Gasteiger partial charge is 0.481 e. The van der Waals surface area contributed by atoms with Crippen LogP contribution in [-0.2, 0) is 11.3 Å². The van der Waals surface area contributed by atoms with Crippen molar-refractivity contribution in [3.05, 3.63) is 40.7 Å². The molecule has 24 heavy (non-hydrogen) atoms. The number of aromatic nitrogens is 1. The topological polar surface area (TPSA) is 53.4 Å². The first-order valence-electron chi connectivity index (χ1n) is 7.36. The SMILES string of the molecule is O=C(O)[C@@H]1CN(Cc2nc(-c3ccccc3)cs2)C[C@H]1C(F)(F)F. The number of aliphatic carboxylic acids is 1. The molecule has 4 nitrogen and oxygen atoms in total. The second-order valence-corrected chi connectivity index (χ2v) is 6.72. The zero-order valence-corrected chi connectivity index (χ0v) is 13.3. The molecule has 0 radical (unpaired) electrons. The van der Waals surface area contributed by atoms with Crippen LogP contribution in [0, 0.1) is 11.8 Å². The minimum absolute atomic E-state index is 0.111. The van der Waals surface area contributed by atoms with Crippen molar-refractivity contribution < 1.29 is 23.1 Å². The fourth-order valence-electron chi connectivity index (χ4n) is 2.91. The van der Waals surface area contributed by atoms with Gasteiger partial charge in [-0.05, 0) is 0 Å². The van der Waals surface area contributed by atoms with Crippen molar-refractivity contribution in [3.8, 4) is 11.3 Å². The molecule has 2 aromatic rings. The van der Waals surface area contributed by atoms with Crippen molar-refractivity contribution in [1.29, 1.82) is 0 Å². The summed E-state index contributed by atoms with van der Waals surface area (Å²) < 4.78 is 39.0. The average Bonchev–Trinajstić information content (AvgIpc) is 3.15. The number of benzene rings is 1. The third kappa shape index (κ3) is 3.59. The Hall–Kier alpha value is -1.93. The van der Waals surface area contributed by atoms with Crippen molar-refractivity contribution in [1.82, 2.24) is 9.88 Å². The predicted octanol–water partition coefficient (Wildman–Crippen LogP) is 3.51. The summed E-state index contributed by atoms with van der Waals surface area (Å²) in [7, 11) is 0. The molecule has 1 aromatic heterocycles. The van der Waals surface area contributed by atoms with Crippen LogP contribution < -0.4 is 0 Å². The van der Waals surface area contributed by atoms with Gasteiger partial charge in [0.15, 0.2) is 0 Å². The fourth-order valence-corrected chi connectivity index (χ4v) is 3.76. The number of carboxylic acids is 1. The van der Waals surface area contributed by atoms with Crippen molar-refractivity contribution in [3.63, 3.8) is 0 Å². The second kappa shape index (κ2) is 6.52. The van der Waals surface area contributed by atoms with E-state index in [-0.39, 0.29) is 19.6 Å². The van der Waals surface area contributed by atoms with E-state index in [4.69, 9.17) is 5.11 Å². The summed E-state index contributed by atoms with van der Waals surface area (Å²) >= 11 is 1.37. The number of nitrogens with zero attached hydrogens (tertiary/aromatic N) is 2. The predicted molar refractivity (Wildman–Crippen MR) is 83.5 cm³/mol. The molecule has 1 fully saturated rings. The van der Waals surface area contributed by atoms with Crippen LogP contribution in [0.3, 0.4) is 0 Å². The number of carbonyl (C=O) groups is 1. The van der Waals surface area contributed by atoms with Gasteiger partial charge in [0.2, 0.25) is 0 Å². The van der Waals surface area contributed by atoms with E-state index in [9.17, 15) is 18.0 Å². The first-order chi connectivity index (χ1) is 11.3. The van der Waals surface area contributed by atoms with Crippen molar-refractivity contribution in [2.75, 3.05) is 13.1 Å². The van der Waals surface area contributed by atoms with Crippen LogP contribution in [0.15, 0.2) is 35.7 Å². The zero-order chi connectivity index (χ0) is 17.3. The third-order valence-electron chi connectivity index (χ3n) is 4.11. The maximum Gasteiger partial charge on any atom is 0.393 e. The lowest BCUT2D eigenvalue weighted by Gasteiger charge is -2.18. The van der Waals surface area contributed by atoms with Gasteiger partial charge in [-0.1, -0.05) is 30.3 Å². The minimum Gasteiger partial charge on any atom is -0.481 e. The van der Waals surface area contributed by atoms with Gasteiger partial charge in [0, 0.05) is 24.0 Å². The normalized spacial score (nSPS) is 22.0. The van der Waals surface area contributed by atoms with E-state index < -0.39 is 24.0 Å². The quantitative estimate of drug-likeness (QED) is 0.911. The van der Waals surface area contributed by atoms with E-state index in [0.717, 1.165) is 11.3 Å². The molecule has 0 aliphatic carbocycles. The van der Waals surface area contributed by atoms with Crippen LogP contribution in [0.4, 0.5) is 13.2 Å². The van der Waals surface area contributed by atoms with Gasteiger partial charge >= 0.3 is 12.1 Å². The van der Waals surface area contributed by atoms with Gasteiger partial charge in [0.1, 0.15) is 5.01 Å². The zero-order valence-electron chi connectivity index (χ0n) is 12.5. The molecule has 1 N–H and O–H groups in total. The number of carboxylic acid groups (broad SMARTS) is 1.